The molecule has 0 aromatic carbocycles. The molecule has 0 aliphatic carbocycles. The first-order chi connectivity index (χ1) is 9.53. The molecule has 2 rings (SSSR count). The van der Waals surface area contributed by atoms with Crippen molar-refractivity contribution in [2.45, 2.75) is 18.2 Å². The summed E-state index contributed by atoms with van der Waals surface area (Å²) in [7, 11) is -1.46. The standard InChI is InChI=1S/C13H22N4O2S/c1-3-14-13-12(5-4-7-15-13)20(18,19)16-9-11-6-8-17(2)10-11/h4-5,7,11,16H,3,6,8-10H2,1-2H3,(H,14,15). The maximum absolute atomic E-state index is 12.4. The van der Waals surface area contributed by atoms with E-state index in [0.717, 1.165) is 19.5 Å². The van der Waals surface area contributed by atoms with Gasteiger partial charge in [-0.05, 0) is 45.0 Å². The van der Waals surface area contributed by atoms with E-state index in [1.165, 1.54) is 0 Å². The van der Waals surface area contributed by atoms with Crippen LogP contribution < -0.4 is 10.0 Å². The second kappa shape index (κ2) is 6.51. The monoisotopic (exact) mass is 298 g/mol. The zero-order valence-corrected chi connectivity index (χ0v) is 12.8. The van der Waals surface area contributed by atoms with Gasteiger partial charge in [-0.15, -0.1) is 0 Å². The topological polar surface area (TPSA) is 74.3 Å². The number of pyridine rings is 1. The molecule has 112 valence electrons. The molecule has 20 heavy (non-hydrogen) atoms. The minimum absolute atomic E-state index is 0.216. The number of anilines is 1. The smallest absolute Gasteiger partial charge is 0.244 e. The van der Waals surface area contributed by atoms with E-state index < -0.39 is 10.0 Å². The first-order valence-corrected chi connectivity index (χ1v) is 8.38. The van der Waals surface area contributed by atoms with Gasteiger partial charge < -0.3 is 10.2 Å². The lowest BCUT2D eigenvalue weighted by molar-refractivity contribution is 0.394. The number of aromatic nitrogens is 1. The van der Waals surface area contributed by atoms with E-state index in [2.05, 4.69) is 27.0 Å². The molecule has 1 aromatic rings. The van der Waals surface area contributed by atoms with E-state index in [0.29, 0.717) is 24.8 Å². The van der Waals surface area contributed by atoms with Crippen LogP contribution in [0.1, 0.15) is 13.3 Å². The minimum atomic E-state index is -3.51. The van der Waals surface area contributed by atoms with Crippen LogP contribution in [-0.4, -0.2) is 51.5 Å². The van der Waals surface area contributed by atoms with Crippen LogP contribution in [0.3, 0.4) is 0 Å². The summed E-state index contributed by atoms with van der Waals surface area (Å²) in [6, 6.07) is 3.22. The lowest BCUT2D eigenvalue weighted by Crippen LogP contribution is -2.31. The fraction of sp³-hybridized carbons (Fsp3) is 0.615. The summed E-state index contributed by atoms with van der Waals surface area (Å²) in [6.07, 6.45) is 2.62. The molecule has 1 atom stereocenters. The van der Waals surface area contributed by atoms with Crippen LogP contribution in [-0.2, 0) is 10.0 Å². The van der Waals surface area contributed by atoms with Gasteiger partial charge in [0.05, 0.1) is 0 Å². The summed E-state index contributed by atoms with van der Waals surface area (Å²) in [6.45, 7) is 4.99. The Hall–Kier alpha value is -1.18. The van der Waals surface area contributed by atoms with E-state index in [-0.39, 0.29) is 4.90 Å². The Labute approximate surface area is 120 Å². The van der Waals surface area contributed by atoms with Gasteiger partial charge in [0.2, 0.25) is 10.0 Å². The predicted molar refractivity (Wildman–Crippen MR) is 79.2 cm³/mol. The van der Waals surface area contributed by atoms with Gasteiger partial charge in [-0.2, -0.15) is 0 Å². The normalized spacial score (nSPS) is 20.2. The highest BCUT2D eigenvalue weighted by Crippen LogP contribution is 2.19. The first kappa shape index (κ1) is 15.2. The van der Waals surface area contributed by atoms with Crippen LogP contribution in [0, 0.1) is 5.92 Å². The van der Waals surface area contributed by atoms with Gasteiger partial charge in [-0.25, -0.2) is 18.1 Å². The van der Waals surface area contributed by atoms with Crippen molar-refractivity contribution in [1.82, 2.24) is 14.6 Å². The molecular formula is C13H22N4O2S. The van der Waals surface area contributed by atoms with E-state index in [4.69, 9.17) is 0 Å². The molecule has 0 radical (unpaired) electrons. The zero-order chi connectivity index (χ0) is 14.6. The molecule has 0 bridgehead atoms. The highest BCUT2D eigenvalue weighted by atomic mass is 32.2. The molecule has 0 spiro atoms. The fourth-order valence-electron chi connectivity index (χ4n) is 2.41. The predicted octanol–water partition coefficient (Wildman–Crippen LogP) is 0.743. The van der Waals surface area contributed by atoms with Gasteiger partial charge in [-0.1, -0.05) is 0 Å². The molecule has 1 fully saturated rings. The third kappa shape index (κ3) is 3.68. The molecule has 2 N–H and O–H groups in total. The Morgan fingerprint density at radius 1 is 1.50 bits per heavy atom. The van der Waals surface area contributed by atoms with Crippen LogP contribution in [0.15, 0.2) is 23.2 Å². The number of nitrogens with zero attached hydrogens (tertiary/aromatic N) is 2. The number of sulfonamides is 1. The molecule has 1 unspecified atom stereocenters. The third-order valence-corrected chi connectivity index (χ3v) is 4.91. The van der Waals surface area contributed by atoms with Crippen molar-refractivity contribution in [3.63, 3.8) is 0 Å². The first-order valence-electron chi connectivity index (χ1n) is 6.90. The average Bonchev–Trinajstić information content (AvgIpc) is 2.83. The Kier molecular flexibility index (Phi) is 4.95. The Morgan fingerprint density at radius 2 is 2.30 bits per heavy atom. The zero-order valence-electron chi connectivity index (χ0n) is 12.0. The Bertz CT molecular complexity index is 547. The molecule has 0 amide bonds. The van der Waals surface area contributed by atoms with Crippen molar-refractivity contribution in [3.8, 4) is 0 Å². The van der Waals surface area contributed by atoms with Gasteiger partial charge in [0.15, 0.2) is 0 Å². The van der Waals surface area contributed by atoms with Crippen molar-refractivity contribution < 1.29 is 8.42 Å². The van der Waals surface area contributed by atoms with E-state index in [9.17, 15) is 8.42 Å². The van der Waals surface area contributed by atoms with Gasteiger partial charge >= 0.3 is 0 Å². The molecule has 0 saturated carbocycles. The number of rotatable bonds is 6. The van der Waals surface area contributed by atoms with Gasteiger partial charge in [-0.3, -0.25) is 0 Å². The summed E-state index contributed by atoms with van der Waals surface area (Å²) >= 11 is 0. The minimum Gasteiger partial charge on any atom is -0.369 e. The number of nitrogens with one attached hydrogen (secondary N) is 2. The highest BCUT2D eigenvalue weighted by molar-refractivity contribution is 7.89. The van der Waals surface area contributed by atoms with Gasteiger partial charge in [0.1, 0.15) is 10.7 Å². The molecular weight excluding hydrogens is 276 g/mol. The third-order valence-electron chi connectivity index (χ3n) is 3.46. The van der Waals surface area contributed by atoms with Crippen LogP contribution in [0.2, 0.25) is 0 Å². The highest BCUT2D eigenvalue weighted by Gasteiger charge is 2.24. The molecule has 1 aliphatic rings. The number of likely N-dealkylation sites (tertiary alicyclic amines) is 1. The van der Waals surface area contributed by atoms with Crippen molar-refractivity contribution in [2.75, 3.05) is 38.5 Å². The number of hydrogen-bond donors (Lipinski definition) is 2. The van der Waals surface area contributed by atoms with Gasteiger partial charge in [0, 0.05) is 25.8 Å². The fourth-order valence-corrected chi connectivity index (χ4v) is 3.65. The SMILES string of the molecule is CCNc1ncccc1S(=O)(=O)NCC1CCN(C)C1. The van der Waals surface area contributed by atoms with E-state index in [1.54, 1.807) is 18.3 Å². The molecule has 1 saturated heterocycles. The lowest BCUT2D eigenvalue weighted by atomic mass is 10.1. The van der Waals surface area contributed by atoms with Crippen molar-refractivity contribution in [1.29, 1.82) is 0 Å². The van der Waals surface area contributed by atoms with Crippen LogP contribution >= 0.6 is 0 Å². The summed E-state index contributed by atoms with van der Waals surface area (Å²) < 4.78 is 27.4. The second-order valence-corrected chi connectivity index (χ2v) is 6.88. The van der Waals surface area contributed by atoms with Crippen LogP contribution in [0.25, 0.3) is 0 Å². The van der Waals surface area contributed by atoms with Crippen LogP contribution in [0.4, 0.5) is 5.82 Å². The van der Waals surface area contributed by atoms with E-state index in [1.807, 2.05) is 6.92 Å². The summed E-state index contributed by atoms with van der Waals surface area (Å²) in [5.74, 6) is 0.792. The molecule has 1 aromatic heterocycles. The van der Waals surface area contributed by atoms with E-state index >= 15 is 0 Å². The lowest BCUT2D eigenvalue weighted by Gasteiger charge is -2.14. The quantitative estimate of drug-likeness (QED) is 0.810. The molecule has 2 heterocycles. The summed E-state index contributed by atoms with van der Waals surface area (Å²) in [4.78, 5) is 6.52. The average molecular weight is 298 g/mol. The molecule has 1 aliphatic heterocycles. The van der Waals surface area contributed by atoms with Crippen molar-refractivity contribution in [2.24, 2.45) is 5.92 Å². The Morgan fingerprint density at radius 3 is 2.95 bits per heavy atom. The second-order valence-electron chi connectivity index (χ2n) is 5.15. The van der Waals surface area contributed by atoms with Crippen molar-refractivity contribution >= 4 is 15.8 Å². The maximum atomic E-state index is 12.4. The number of hydrogen-bond acceptors (Lipinski definition) is 5. The summed E-state index contributed by atoms with van der Waals surface area (Å²) in [5.41, 5.74) is 0. The maximum Gasteiger partial charge on any atom is 0.244 e. The summed E-state index contributed by atoms with van der Waals surface area (Å²) in [5, 5.41) is 2.98. The Balaban J connectivity index is 2.06. The molecule has 6 nitrogen and oxygen atoms in total. The van der Waals surface area contributed by atoms with Crippen molar-refractivity contribution in [3.05, 3.63) is 18.3 Å². The van der Waals surface area contributed by atoms with Crippen LogP contribution in [0.5, 0.6) is 0 Å². The largest absolute Gasteiger partial charge is 0.369 e. The molecule has 7 heteroatoms. The van der Waals surface area contributed by atoms with Gasteiger partial charge in [0.25, 0.3) is 0 Å².